The summed E-state index contributed by atoms with van der Waals surface area (Å²) in [4.78, 5) is 62.2. The van der Waals surface area contributed by atoms with Gasteiger partial charge in [0.1, 0.15) is 18.1 Å². The SMILES string of the molecule is CSCCC(NC(=O)C1CCCN1)C(=O)N1CCCC1C(=O)NC(CCC(=O)O)C(=O)O. The van der Waals surface area contributed by atoms with Gasteiger partial charge in [-0.2, -0.15) is 11.8 Å². The van der Waals surface area contributed by atoms with Gasteiger partial charge in [0.25, 0.3) is 0 Å². The number of hydrogen-bond donors (Lipinski definition) is 5. The summed E-state index contributed by atoms with van der Waals surface area (Å²) in [6.45, 7) is 1.08. The second kappa shape index (κ2) is 12.6. The molecule has 2 saturated heterocycles. The summed E-state index contributed by atoms with van der Waals surface area (Å²) in [5.41, 5.74) is 0. The van der Waals surface area contributed by atoms with Crippen LogP contribution in [0.4, 0.5) is 0 Å². The highest BCUT2D eigenvalue weighted by Crippen LogP contribution is 2.20. The van der Waals surface area contributed by atoms with Crippen LogP contribution in [-0.2, 0) is 24.0 Å². The summed E-state index contributed by atoms with van der Waals surface area (Å²) < 4.78 is 0. The number of hydrogen-bond acceptors (Lipinski definition) is 7. The van der Waals surface area contributed by atoms with Crippen molar-refractivity contribution in [2.75, 3.05) is 25.1 Å². The van der Waals surface area contributed by atoms with E-state index in [4.69, 9.17) is 5.11 Å². The molecule has 32 heavy (non-hydrogen) atoms. The van der Waals surface area contributed by atoms with Crippen LogP contribution in [0.5, 0.6) is 0 Å². The van der Waals surface area contributed by atoms with E-state index in [2.05, 4.69) is 16.0 Å². The molecule has 0 aromatic heterocycles. The average molecular weight is 473 g/mol. The first kappa shape index (κ1) is 25.9. The summed E-state index contributed by atoms with van der Waals surface area (Å²) in [5, 5.41) is 26.4. The van der Waals surface area contributed by atoms with Gasteiger partial charge < -0.3 is 31.1 Å². The number of carboxylic acid groups (broad SMARTS) is 2. The molecule has 2 rings (SSSR count). The molecular formula is C20H32N4O7S. The van der Waals surface area contributed by atoms with E-state index in [1.807, 2.05) is 6.26 Å². The van der Waals surface area contributed by atoms with Crippen LogP contribution >= 0.6 is 11.8 Å². The van der Waals surface area contributed by atoms with Crippen LogP contribution in [0.3, 0.4) is 0 Å². The van der Waals surface area contributed by atoms with Crippen LogP contribution < -0.4 is 16.0 Å². The molecule has 0 radical (unpaired) electrons. The maximum atomic E-state index is 13.3. The first-order chi connectivity index (χ1) is 15.2. The summed E-state index contributed by atoms with van der Waals surface area (Å²) >= 11 is 1.55. The van der Waals surface area contributed by atoms with E-state index < -0.39 is 42.4 Å². The Labute approximate surface area is 191 Å². The van der Waals surface area contributed by atoms with Crippen LogP contribution in [0.15, 0.2) is 0 Å². The molecular weight excluding hydrogens is 440 g/mol. The largest absolute Gasteiger partial charge is 0.481 e. The number of likely N-dealkylation sites (tertiary alicyclic amines) is 1. The van der Waals surface area contributed by atoms with Crippen molar-refractivity contribution in [3.63, 3.8) is 0 Å². The number of carboxylic acids is 2. The molecule has 2 aliphatic heterocycles. The van der Waals surface area contributed by atoms with E-state index in [1.165, 1.54) is 4.90 Å². The topological polar surface area (TPSA) is 165 Å². The van der Waals surface area contributed by atoms with Gasteiger partial charge in [-0.15, -0.1) is 0 Å². The highest BCUT2D eigenvalue weighted by atomic mass is 32.2. The van der Waals surface area contributed by atoms with E-state index in [0.717, 1.165) is 13.0 Å². The quantitative estimate of drug-likeness (QED) is 0.249. The Morgan fingerprint density at radius 2 is 1.75 bits per heavy atom. The van der Waals surface area contributed by atoms with Crippen LogP contribution in [0, 0.1) is 0 Å². The number of nitrogens with one attached hydrogen (secondary N) is 3. The molecule has 180 valence electrons. The smallest absolute Gasteiger partial charge is 0.326 e. The molecule has 4 unspecified atom stereocenters. The summed E-state index contributed by atoms with van der Waals surface area (Å²) in [7, 11) is 0. The Morgan fingerprint density at radius 1 is 1.03 bits per heavy atom. The summed E-state index contributed by atoms with van der Waals surface area (Å²) in [5.74, 6) is -3.06. The third kappa shape index (κ3) is 7.37. The zero-order chi connectivity index (χ0) is 23.7. The molecule has 4 atom stereocenters. The first-order valence-electron chi connectivity index (χ1n) is 10.8. The van der Waals surface area contributed by atoms with Gasteiger partial charge >= 0.3 is 11.9 Å². The molecule has 0 spiro atoms. The Bertz CT molecular complexity index is 714. The lowest BCUT2D eigenvalue weighted by atomic mass is 10.1. The third-order valence-corrected chi connectivity index (χ3v) is 6.35. The minimum atomic E-state index is -1.35. The van der Waals surface area contributed by atoms with Crippen LogP contribution in [-0.4, -0.2) is 94.0 Å². The molecule has 0 aromatic rings. The molecule has 2 fully saturated rings. The fraction of sp³-hybridized carbons (Fsp3) is 0.750. The van der Waals surface area contributed by atoms with E-state index in [9.17, 15) is 29.1 Å². The fourth-order valence-corrected chi connectivity index (χ4v) is 4.44. The maximum absolute atomic E-state index is 13.3. The third-order valence-electron chi connectivity index (χ3n) is 5.70. The fourth-order valence-electron chi connectivity index (χ4n) is 3.97. The molecule has 2 aliphatic rings. The lowest BCUT2D eigenvalue weighted by Gasteiger charge is -2.30. The van der Waals surface area contributed by atoms with E-state index in [1.54, 1.807) is 11.8 Å². The van der Waals surface area contributed by atoms with Crippen LogP contribution in [0.1, 0.15) is 44.9 Å². The number of aliphatic carboxylic acids is 2. The van der Waals surface area contributed by atoms with Crippen molar-refractivity contribution in [1.29, 1.82) is 0 Å². The second-order valence-corrected chi connectivity index (χ2v) is 9.00. The van der Waals surface area contributed by atoms with Crippen molar-refractivity contribution in [1.82, 2.24) is 20.9 Å². The Kier molecular flexibility index (Phi) is 10.2. The molecule has 3 amide bonds. The van der Waals surface area contributed by atoms with Crippen molar-refractivity contribution in [3.8, 4) is 0 Å². The van der Waals surface area contributed by atoms with Gasteiger partial charge in [0.05, 0.1) is 6.04 Å². The van der Waals surface area contributed by atoms with Gasteiger partial charge in [0, 0.05) is 13.0 Å². The molecule has 12 heteroatoms. The average Bonchev–Trinajstić information content (AvgIpc) is 3.45. The standard InChI is InChI=1S/C20H32N4O7S/c1-32-11-8-13(22-17(27)12-4-2-9-21-12)19(29)24-10-3-5-15(24)18(28)23-14(20(30)31)6-7-16(25)26/h12-15,21H,2-11H2,1H3,(H,22,27)(H,23,28)(H,25,26)(H,30,31). The molecule has 2 heterocycles. The van der Waals surface area contributed by atoms with Crippen molar-refractivity contribution < 1.29 is 34.2 Å². The second-order valence-electron chi connectivity index (χ2n) is 8.01. The number of rotatable bonds is 12. The predicted molar refractivity (Wildman–Crippen MR) is 117 cm³/mol. The highest BCUT2D eigenvalue weighted by molar-refractivity contribution is 7.98. The van der Waals surface area contributed by atoms with E-state index >= 15 is 0 Å². The number of carbonyl (C=O) groups excluding carboxylic acids is 3. The van der Waals surface area contributed by atoms with E-state index in [0.29, 0.717) is 38.0 Å². The Morgan fingerprint density at radius 3 is 2.34 bits per heavy atom. The van der Waals surface area contributed by atoms with Crippen molar-refractivity contribution in [2.45, 2.75) is 69.1 Å². The van der Waals surface area contributed by atoms with Crippen LogP contribution in [0.25, 0.3) is 0 Å². The van der Waals surface area contributed by atoms with Gasteiger partial charge in [0.15, 0.2) is 0 Å². The lowest BCUT2D eigenvalue weighted by molar-refractivity contribution is -0.145. The Hall–Kier alpha value is -2.34. The van der Waals surface area contributed by atoms with Crippen LogP contribution in [0.2, 0.25) is 0 Å². The van der Waals surface area contributed by atoms with E-state index in [-0.39, 0.29) is 24.3 Å². The Balaban J connectivity index is 2.05. The number of carbonyl (C=O) groups is 5. The predicted octanol–water partition coefficient (Wildman–Crippen LogP) is -0.598. The molecule has 11 nitrogen and oxygen atoms in total. The highest BCUT2D eigenvalue weighted by Gasteiger charge is 2.39. The van der Waals surface area contributed by atoms with Crippen molar-refractivity contribution in [3.05, 3.63) is 0 Å². The summed E-state index contributed by atoms with van der Waals surface area (Å²) in [6.07, 6.45) is 4.21. The van der Waals surface area contributed by atoms with Gasteiger partial charge in [-0.25, -0.2) is 4.79 Å². The first-order valence-corrected chi connectivity index (χ1v) is 12.2. The molecule has 0 aromatic carbocycles. The minimum absolute atomic E-state index is 0.234. The van der Waals surface area contributed by atoms with Gasteiger partial charge in [-0.05, 0) is 57.1 Å². The van der Waals surface area contributed by atoms with Crippen molar-refractivity contribution in [2.24, 2.45) is 0 Å². The van der Waals surface area contributed by atoms with Crippen molar-refractivity contribution >= 4 is 41.4 Å². The zero-order valence-electron chi connectivity index (χ0n) is 18.2. The minimum Gasteiger partial charge on any atom is -0.481 e. The van der Waals surface area contributed by atoms with Gasteiger partial charge in [-0.1, -0.05) is 0 Å². The molecule has 5 N–H and O–H groups in total. The number of thioether (sulfide) groups is 1. The monoisotopic (exact) mass is 472 g/mol. The van der Waals surface area contributed by atoms with Gasteiger partial charge in [-0.3, -0.25) is 19.2 Å². The lowest BCUT2D eigenvalue weighted by Crippen LogP contribution is -2.56. The maximum Gasteiger partial charge on any atom is 0.326 e. The molecule has 0 saturated carbocycles. The zero-order valence-corrected chi connectivity index (χ0v) is 19.0. The number of amides is 3. The number of nitrogens with zero attached hydrogens (tertiary/aromatic N) is 1. The summed E-state index contributed by atoms with van der Waals surface area (Å²) in [6, 6.07) is -3.31. The normalized spacial score (nSPS) is 22.2. The molecule has 0 aliphatic carbocycles. The van der Waals surface area contributed by atoms with Gasteiger partial charge in [0.2, 0.25) is 17.7 Å². The molecule has 0 bridgehead atoms.